The van der Waals surface area contributed by atoms with E-state index in [1.165, 1.54) is 12.1 Å². The molecule has 1 heterocycles. The third kappa shape index (κ3) is 2.81. The molecule has 0 N–H and O–H groups in total. The van der Waals surface area contributed by atoms with E-state index in [0.717, 1.165) is 17.7 Å². The van der Waals surface area contributed by atoms with E-state index in [2.05, 4.69) is 0 Å². The van der Waals surface area contributed by atoms with Crippen LogP contribution in [0, 0.1) is 11.6 Å². The van der Waals surface area contributed by atoms with Crippen molar-refractivity contribution < 1.29 is 8.78 Å². The monoisotopic (exact) mass is 313 g/mol. The van der Waals surface area contributed by atoms with Gasteiger partial charge < -0.3 is 4.90 Å². The summed E-state index contributed by atoms with van der Waals surface area (Å²) in [5.74, 6) is -0.934. The van der Waals surface area contributed by atoms with Crippen molar-refractivity contribution >= 4 is 28.6 Å². The van der Waals surface area contributed by atoms with Crippen LogP contribution in [0.15, 0.2) is 29.6 Å². The van der Waals surface area contributed by atoms with Crippen molar-refractivity contribution in [2.45, 2.75) is 31.3 Å². The molecule has 1 nitrogen and oxygen atoms in total. The first-order valence-electron chi connectivity index (χ1n) is 6.52. The fraction of sp³-hybridized carbons (Fsp3) is 0.333. The first-order chi connectivity index (χ1) is 9.69. The minimum absolute atomic E-state index is 0.0785. The molecule has 0 atom stereocenters. The van der Waals surface area contributed by atoms with Crippen LogP contribution in [-0.2, 0) is 12.4 Å². The first-order valence-corrected chi connectivity index (χ1v) is 7.93. The highest BCUT2D eigenvalue weighted by Crippen LogP contribution is 2.37. The maximum Gasteiger partial charge on any atom is 0.149 e. The second-order valence-electron chi connectivity index (χ2n) is 4.98. The van der Waals surface area contributed by atoms with Crippen molar-refractivity contribution in [2.24, 2.45) is 0 Å². The van der Waals surface area contributed by atoms with Gasteiger partial charge in [0.25, 0.3) is 0 Å². The van der Waals surface area contributed by atoms with Crippen molar-refractivity contribution in [3.8, 4) is 0 Å². The molecule has 2 aromatic rings. The second-order valence-corrected chi connectivity index (χ2v) is 6.28. The molecule has 0 saturated heterocycles. The van der Waals surface area contributed by atoms with Gasteiger partial charge in [-0.1, -0.05) is 6.07 Å². The number of hydrogen-bond acceptors (Lipinski definition) is 2. The van der Waals surface area contributed by atoms with Gasteiger partial charge in [0.2, 0.25) is 0 Å². The van der Waals surface area contributed by atoms with Crippen LogP contribution < -0.4 is 4.90 Å². The quantitative estimate of drug-likeness (QED) is 0.707. The molecule has 1 aromatic heterocycles. The van der Waals surface area contributed by atoms with Gasteiger partial charge in [-0.15, -0.1) is 22.9 Å². The molecule has 0 spiro atoms. The van der Waals surface area contributed by atoms with E-state index in [9.17, 15) is 8.78 Å². The molecule has 0 amide bonds. The average Bonchev–Trinajstić information content (AvgIpc) is 3.14. The fourth-order valence-electron chi connectivity index (χ4n) is 2.32. The predicted octanol–water partition coefficient (Wildman–Crippen LogP) is 4.93. The molecule has 106 valence electrons. The van der Waals surface area contributed by atoms with Gasteiger partial charge >= 0.3 is 0 Å². The number of hydrogen-bond donors (Lipinski definition) is 0. The lowest BCUT2D eigenvalue weighted by molar-refractivity contribution is 0.566. The summed E-state index contributed by atoms with van der Waals surface area (Å²) in [4.78, 5) is 2.95. The Labute approximate surface area is 125 Å². The topological polar surface area (TPSA) is 3.24 Å². The standard InChI is InChI=1S/C15H14ClF2NS/c16-8-10-6-13(17)15(14(18)7-10)19(11-3-4-11)9-12-2-1-5-20-12/h1-2,5-7,11H,3-4,8-9H2. The summed E-state index contributed by atoms with van der Waals surface area (Å²) in [5, 5.41) is 1.98. The minimum Gasteiger partial charge on any atom is -0.359 e. The van der Waals surface area contributed by atoms with Crippen LogP contribution >= 0.6 is 22.9 Å². The molecule has 5 heteroatoms. The maximum atomic E-state index is 14.2. The number of benzene rings is 1. The largest absolute Gasteiger partial charge is 0.359 e. The Kier molecular flexibility index (Phi) is 3.94. The van der Waals surface area contributed by atoms with Gasteiger partial charge in [-0.25, -0.2) is 8.78 Å². The van der Waals surface area contributed by atoms with Crippen molar-refractivity contribution in [3.63, 3.8) is 0 Å². The Morgan fingerprint density at radius 3 is 2.45 bits per heavy atom. The number of alkyl halides is 1. The highest BCUT2D eigenvalue weighted by atomic mass is 35.5. The molecule has 0 bridgehead atoms. The number of anilines is 1. The van der Waals surface area contributed by atoms with Crippen LogP contribution in [0.25, 0.3) is 0 Å². The van der Waals surface area contributed by atoms with Gasteiger partial charge in [0.15, 0.2) is 0 Å². The molecular weight excluding hydrogens is 300 g/mol. The summed E-state index contributed by atoms with van der Waals surface area (Å²) in [6, 6.07) is 6.84. The summed E-state index contributed by atoms with van der Waals surface area (Å²) in [5.41, 5.74) is 0.548. The molecular formula is C15H14ClF2NS. The van der Waals surface area contributed by atoms with Gasteiger partial charge in [-0.3, -0.25) is 0 Å². The predicted molar refractivity (Wildman–Crippen MR) is 79.4 cm³/mol. The minimum atomic E-state index is -0.524. The van der Waals surface area contributed by atoms with E-state index in [1.807, 2.05) is 22.4 Å². The van der Waals surface area contributed by atoms with E-state index < -0.39 is 11.6 Å². The third-order valence-electron chi connectivity index (χ3n) is 3.41. The summed E-state index contributed by atoms with van der Waals surface area (Å²) in [7, 11) is 0. The summed E-state index contributed by atoms with van der Waals surface area (Å²) in [6.07, 6.45) is 1.98. The van der Waals surface area contributed by atoms with Gasteiger partial charge in [-0.05, 0) is 42.0 Å². The summed E-state index contributed by atoms with van der Waals surface area (Å²) in [6.45, 7) is 0.552. The molecule has 3 rings (SSSR count). The zero-order valence-corrected chi connectivity index (χ0v) is 12.4. The molecule has 1 aromatic carbocycles. The highest BCUT2D eigenvalue weighted by Gasteiger charge is 2.32. The first kappa shape index (κ1) is 13.8. The normalized spacial score (nSPS) is 14.6. The molecule has 0 radical (unpaired) electrons. The van der Waals surface area contributed by atoms with Gasteiger partial charge in [0.05, 0.1) is 6.54 Å². The number of rotatable bonds is 5. The lowest BCUT2D eigenvalue weighted by atomic mass is 10.2. The van der Waals surface area contributed by atoms with Gasteiger partial charge in [0, 0.05) is 16.8 Å². The fourth-order valence-corrected chi connectivity index (χ4v) is 3.17. The SMILES string of the molecule is Fc1cc(CCl)cc(F)c1N(Cc1cccs1)C1CC1. The Morgan fingerprint density at radius 1 is 1.25 bits per heavy atom. The third-order valence-corrected chi connectivity index (χ3v) is 4.58. The zero-order chi connectivity index (χ0) is 14.1. The smallest absolute Gasteiger partial charge is 0.149 e. The zero-order valence-electron chi connectivity index (χ0n) is 10.8. The van der Waals surface area contributed by atoms with Crippen molar-refractivity contribution in [1.29, 1.82) is 0 Å². The molecule has 0 aliphatic heterocycles. The lowest BCUT2D eigenvalue weighted by Gasteiger charge is -2.25. The van der Waals surface area contributed by atoms with Crippen LogP contribution in [0.4, 0.5) is 14.5 Å². The molecule has 1 fully saturated rings. The van der Waals surface area contributed by atoms with Gasteiger partial charge in [-0.2, -0.15) is 0 Å². The average molecular weight is 314 g/mol. The Hall–Kier alpha value is -1.13. The van der Waals surface area contributed by atoms with Crippen LogP contribution in [0.3, 0.4) is 0 Å². The molecule has 1 aliphatic carbocycles. The molecule has 20 heavy (non-hydrogen) atoms. The number of nitrogens with zero attached hydrogens (tertiary/aromatic N) is 1. The van der Waals surface area contributed by atoms with Crippen LogP contribution in [0.2, 0.25) is 0 Å². The highest BCUT2D eigenvalue weighted by molar-refractivity contribution is 7.09. The number of thiophene rings is 1. The summed E-state index contributed by atoms with van der Waals surface area (Å²) >= 11 is 7.25. The number of halogens is 3. The van der Waals surface area contributed by atoms with E-state index in [-0.39, 0.29) is 17.6 Å². The molecule has 1 saturated carbocycles. The summed E-state index contributed by atoms with van der Waals surface area (Å²) < 4.78 is 28.5. The van der Waals surface area contributed by atoms with Gasteiger partial charge in [0.1, 0.15) is 17.3 Å². The second kappa shape index (κ2) is 5.70. The Balaban J connectivity index is 1.95. The molecule has 0 unspecified atom stereocenters. The van der Waals surface area contributed by atoms with Crippen LogP contribution in [-0.4, -0.2) is 6.04 Å². The van der Waals surface area contributed by atoms with Crippen molar-refractivity contribution in [1.82, 2.24) is 0 Å². The molecule has 1 aliphatic rings. The maximum absolute atomic E-state index is 14.2. The van der Waals surface area contributed by atoms with E-state index in [1.54, 1.807) is 11.3 Å². The lowest BCUT2D eigenvalue weighted by Crippen LogP contribution is -2.26. The van der Waals surface area contributed by atoms with Crippen LogP contribution in [0.5, 0.6) is 0 Å². The van der Waals surface area contributed by atoms with Crippen LogP contribution in [0.1, 0.15) is 23.3 Å². The van der Waals surface area contributed by atoms with Crippen molar-refractivity contribution in [2.75, 3.05) is 4.90 Å². The van der Waals surface area contributed by atoms with E-state index >= 15 is 0 Å². The van der Waals surface area contributed by atoms with E-state index in [0.29, 0.717) is 12.1 Å². The van der Waals surface area contributed by atoms with E-state index in [4.69, 9.17) is 11.6 Å². The van der Waals surface area contributed by atoms with Crippen molar-refractivity contribution in [3.05, 3.63) is 51.7 Å². The Bertz CT molecular complexity index is 573. The Morgan fingerprint density at radius 2 is 1.95 bits per heavy atom.